The Morgan fingerprint density at radius 3 is 1.86 bits per heavy atom. The summed E-state index contributed by atoms with van der Waals surface area (Å²) < 4.78 is 19.3. The van der Waals surface area contributed by atoms with Crippen molar-refractivity contribution in [1.82, 2.24) is 4.90 Å². The molecular weight excluding hydrogens is 370 g/mol. The number of carbonyl (C=O) groups excluding carboxylic acids is 4. The second-order valence-corrected chi connectivity index (χ2v) is 5.79. The third kappa shape index (κ3) is 2.98. The van der Waals surface area contributed by atoms with Crippen LogP contribution in [0, 0.1) is 0 Å². The molecule has 0 radical (unpaired) electrons. The molecule has 0 N–H and O–H groups in total. The number of carbonyl (C=O) groups is 4. The van der Waals surface area contributed by atoms with Gasteiger partial charge in [-0.05, 0) is 12.5 Å². The fourth-order valence-electron chi connectivity index (χ4n) is 3.37. The Labute approximate surface area is 161 Å². The lowest BCUT2D eigenvalue weighted by Gasteiger charge is -2.47. The van der Waals surface area contributed by atoms with Crippen LogP contribution >= 0.6 is 0 Å². The number of hydrogen-bond donors (Lipinski definition) is 0. The molecule has 28 heavy (non-hydrogen) atoms. The summed E-state index contributed by atoms with van der Waals surface area (Å²) in [6.07, 6.45) is 6.68. The highest BCUT2D eigenvalue weighted by atomic mass is 16.5. The lowest BCUT2D eigenvalue weighted by molar-refractivity contribution is -0.144. The third-order valence-electron chi connectivity index (χ3n) is 4.65. The highest BCUT2D eigenvalue weighted by Crippen LogP contribution is 2.45. The predicted molar refractivity (Wildman–Crippen MR) is 95.3 cm³/mol. The minimum Gasteiger partial charge on any atom is -0.466 e. The predicted octanol–water partition coefficient (Wildman–Crippen LogP) is 0.777. The molecule has 0 saturated carbocycles. The molecule has 2 aliphatic rings. The van der Waals surface area contributed by atoms with Crippen molar-refractivity contribution in [3.63, 3.8) is 0 Å². The molecule has 9 heteroatoms. The van der Waals surface area contributed by atoms with Gasteiger partial charge in [-0.15, -0.1) is 0 Å². The van der Waals surface area contributed by atoms with Gasteiger partial charge in [0, 0.05) is 6.20 Å². The Morgan fingerprint density at radius 2 is 1.36 bits per heavy atom. The van der Waals surface area contributed by atoms with E-state index in [1.54, 1.807) is 25.2 Å². The summed E-state index contributed by atoms with van der Waals surface area (Å²) in [4.78, 5) is 52.1. The van der Waals surface area contributed by atoms with E-state index in [0.717, 1.165) is 28.4 Å². The van der Waals surface area contributed by atoms with Crippen LogP contribution in [0.3, 0.4) is 0 Å². The van der Waals surface area contributed by atoms with Gasteiger partial charge in [0.2, 0.25) is 0 Å². The summed E-state index contributed by atoms with van der Waals surface area (Å²) in [5, 5.41) is 0. The van der Waals surface area contributed by atoms with Gasteiger partial charge in [-0.25, -0.2) is 19.2 Å². The number of allylic oxidation sites excluding steroid dienone is 2. The molecule has 0 saturated heterocycles. The Bertz CT molecular complexity index is 848. The molecule has 0 bridgehead atoms. The maximum absolute atomic E-state index is 12.8. The number of nitrogens with zero attached hydrogens (tertiary/aromatic N) is 1. The van der Waals surface area contributed by atoms with Crippen molar-refractivity contribution in [2.45, 2.75) is 18.9 Å². The van der Waals surface area contributed by atoms with Gasteiger partial charge in [-0.3, -0.25) is 0 Å². The second-order valence-electron chi connectivity index (χ2n) is 5.79. The summed E-state index contributed by atoms with van der Waals surface area (Å²) in [6.45, 7) is 1.76. The molecule has 0 amide bonds. The van der Waals surface area contributed by atoms with Crippen LogP contribution in [0.4, 0.5) is 0 Å². The lowest BCUT2D eigenvalue weighted by atomic mass is 9.75. The topological polar surface area (TPSA) is 108 Å². The van der Waals surface area contributed by atoms with E-state index in [1.807, 2.05) is 0 Å². The average Bonchev–Trinajstić information content (AvgIpc) is 2.74. The molecule has 9 nitrogen and oxygen atoms in total. The molecule has 0 aromatic carbocycles. The first-order chi connectivity index (χ1) is 13.3. The van der Waals surface area contributed by atoms with E-state index in [9.17, 15) is 19.2 Å². The van der Waals surface area contributed by atoms with Crippen molar-refractivity contribution >= 4 is 23.9 Å². The van der Waals surface area contributed by atoms with E-state index in [0.29, 0.717) is 0 Å². The van der Waals surface area contributed by atoms with Crippen LogP contribution in [0.25, 0.3) is 0 Å². The number of esters is 4. The fraction of sp³-hybridized carbons (Fsp3) is 0.368. The molecule has 2 aliphatic heterocycles. The van der Waals surface area contributed by atoms with Crippen molar-refractivity contribution in [3.8, 4) is 0 Å². The highest BCUT2D eigenvalue weighted by molar-refractivity contribution is 6.17. The molecule has 0 aromatic heterocycles. The molecule has 0 fully saturated rings. The first kappa shape index (κ1) is 20.9. The molecule has 0 spiro atoms. The SMILES string of the molecule is CC[C@]12C=CC=CN1C(C(=O)OC)=C(C(=O)OC)C(C(=O)OC)=C2C(=O)OC. The Kier molecular flexibility index (Phi) is 6.07. The third-order valence-corrected chi connectivity index (χ3v) is 4.65. The summed E-state index contributed by atoms with van der Waals surface area (Å²) in [7, 11) is 4.47. The normalized spacial score (nSPS) is 20.5. The van der Waals surface area contributed by atoms with E-state index in [2.05, 4.69) is 0 Å². The van der Waals surface area contributed by atoms with Crippen LogP contribution in [-0.2, 0) is 38.1 Å². The summed E-state index contributed by atoms with van der Waals surface area (Å²) >= 11 is 0. The van der Waals surface area contributed by atoms with Gasteiger partial charge in [0.15, 0.2) is 0 Å². The number of ether oxygens (including phenoxy) is 4. The molecular formula is C19H21NO8. The number of methoxy groups -OCH3 is 4. The van der Waals surface area contributed by atoms with Gasteiger partial charge in [0.25, 0.3) is 0 Å². The zero-order chi connectivity index (χ0) is 21.1. The monoisotopic (exact) mass is 391 g/mol. The molecule has 2 heterocycles. The summed E-state index contributed by atoms with van der Waals surface area (Å²) in [5.74, 6) is -3.73. The van der Waals surface area contributed by atoms with Crippen LogP contribution in [0.15, 0.2) is 46.8 Å². The summed E-state index contributed by atoms with van der Waals surface area (Å²) in [5.41, 5.74) is -2.50. The minimum absolute atomic E-state index is 0.141. The molecule has 0 aliphatic carbocycles. The minimum atomic E-state index is -1.27. The molecule has 0 unspecified atom stereocenters. The molecule has 1 atom stereocenters. The molecule has 2 rings (SSSR count). The quantitative estimate of drug-likeness (QED) is 0.496. The van der Waals surface area contributed by atoms with Crippen molar-refractivity contribution in [2.24, 2.45) is 0 Å². The number of hydrogen-bond acceptors (Lipinski definition) is 9. The lowest BCUT2D eigenvalue weighted by Crippen LogP contribution is -2.54. The first-order valence-corrected chi connectivity index (χ1v) is 8.32. The Balaban J connectivity index is 3.09. The van der Waals surface area contributed by atoms with Gasteiger partial charge < -0.3 is 23.8 Å². The standard InChI is InChI=1S/C19H21NO8/c1-6-19-9-7-8-10-20(19)14(18(24)28-5)12(16(22)26-3)11(15(21)25-2)13(19)17(23)27-4/h7-10H,6H2,1-5H3/t19-/m1/s1. The van der Waals surface area contributed by atoms with E-state index in [1.165, 1.54) is 11.1 Å². The van der Waals surface area contributed by atoms with Crippen LogP contribution in [-0.4, -0.2) is 62.8 Å². The number of rotatable bonds is 5. The molecule has 150 valence electrons. The first-order valence-electron chi connectivity index (χ1n) is 8.32. The van der Waals surface area contributed by atoms with Gasteiger partial charge in [0.05, 0.1) is 45.1 Å². The zero-order valence-corrected chi connectivity index (χ0v) is 16.2. The van der Waals surface area contributed by atoms with Gasteiger partial charge in [-0.2, -0.15) is 0 Å². The van der Waals surface area contributed by atoms with Crippen molar-refractivity contribution in [2.75, 3.05) is 28.4 Å². The van der Waals surface area contributed by atoms with E-state index in [-0.39, 0.29) is 17.7 Å². The smallest absolute Gasteiger partial charge is 0.355 e. The van der Waals surface area contributed by atoms with E-state index in [4.69, 9.17) is 18.9 Å². The van der Waals surface area contributed by atoms with E-state index >= 15 is 0 Å². The van der Waals surface area contributed by atoms with Gasteiger partial charge in [-0.1, -0.05) is 19.1 Å². The average molecular weight is 391 g/mol. The van der Waals surface area contributed by atoms with Crippen molar-refractivity contribution in [1.29, 1.82) is 0 Å². The largest absolute Gasteiger partial charge is 0.466 e. The van der Waals surface area contributed by atoms with E-state index < -0.39 is 40.6 Å². The van der Waals surface area contributed by atoms with Crippen molar-refractivity contribution < 1.29 is 38.1 Å². The second kappa shape index (κ2) is 8.12. The summed E-state index contributed by atoms with van der Waals surface area (Å²) in [6, 6.07) is 0. The van der Waals surface area contributed by atoms with Crippen molar-refractivity contribution in [3.05, 3.63) is 46.8 Å². The van der Waals surface area contributed by atoms with Gasteiger partial charge in [0.1, 0.15) is 11.3 Å². The molecule has 0 aromatic rings. The maximum atomic E-state index is 12.8. The van der Waals surface area contributed by atoms with Crippen LogP contribution < -0.4 is 0 Å². The van der Waals surface area contributed by atoms with Gasteiger partial charge >= 0.3 is 23.9 Å². The van der Waals surface area contributed by atoms with Crippen LogP contribution in [0.1, 0.15) is 13.3 Å². The van der Waals surface area contributed by atoms with Crippen LogP contribution in [0.5, 0.6) is 0 Å². The van der Waals surface area contributed by atoms with Crippen LogP contribution in [0.2, 0.25) is 0 Å². The number of fused-ring (bicyclic) bond motifs is 1. The Hall–Kier alpha value is -3.36. The fourth-order valence-corrected chi connectivity index (χ4v) is 3.37. The Morgan fingerprint density at radius 1 is 0.821 bits per heavy atom. The zero-order valence-electron chi connectivity index (χ0n) is 16.2. The maximum Gasteiger partial charge on any atom is 0.355 e. The highest BCUT2D eigenvalue weighted by Gasteiger charge is 2.53.